The molecule has 0 saturated heterocycles. The molecule has 0 amide bonds. The van der Waals surface area contributed by atoms with E-state index in [-0.39, 0.29) is 12.1 Å². The molecule has 1 saturated carbocycles. The first-order valence-corrected chi connectivity index (χ1v) is 7.45. The predicted molar refractivity (Wildman–Crippen MR) is 73.6 cm³/mol. The first-order valence-electron chi connectivity index (χ1n) is 7.45. The molecular weight excluding hydrogens is 269 g/mol. The molecule has 0 aromatic rings. The zero-order chi connectivity index (χ0) is 15.1. The first-order chi connectivity index (χ1) is 9.40. The van der Waals surface area contributed by atoms with Crippen LogP contribution in [0, 0.1) is 0 Å². The summed E-state index contributed by atoms with van der Waals surface area (Å²) in [5.74, 6) is 0. The summed E-state index contributed by atoms with van der Waals surface area (Å²) >= 11 is 0. The number of rotatable bonds is 7. The molecule has 3 nitrogen and oxygen atoms in total. The minimum Gasteiger partial charge on any atom is -0.372 e. The van der Waals surface area contributed by atoms with Crippen molar-refractivity contribution in [1.82, 2.24) is 4.90 Å². The maximum Gasteiger partial charge on any atom is 0.411 e. The van der Waals surface area contributed by atoms with E-state index in [0.717, 1.165) is 19.4 Å². The smallest absolute Gasteiger partial charge is 0.372 e. The van der Waals surface area contributed by atoms with Crippen LogP contribution < -0.4 is 5.73 Å². The summed E-state index contributed by atoms with van der Waals surface area (Å²) < 4.78 is 40.5. The van der Waals surface area contributed by atoms with Crippen molar-refractivity contribution in [3.63, 3.8) is 0 Å². The van der Waals surface area contributed by atoms with Crippen LogP contribution >= 0.6 is 0 Å². The summed E-state index contributed by atoms with van der Waals surface area (Å²) in [6.07, 6.45) is 3.43. The Kier molecular flexibility index (Phi) is 7.26. The molecule has 1 aliphatic carbocycles. The minimum absolute atomic E-state index is 0.0283. The molecule has 0 aromatic carbocycles. The molecule has 0 heterocycles. The van der Waals surface area contributed by atoms with Gasteiger partial charge in [-0.15, -0.1) is 0 Å². The number of hydrogen-bond acceptors (Lipinski definition) is 3. The van der Waals surface area contributed by atoms with E-state index < -0.39 is 12.8 Å². The lowest BCUT2D eigenvalue weighted by Crippen LogP contribution is -2.52. The fourth-order valence-corrected chi connectivity index (χ4v) is 2.96. The van der Waals surface area contributed by atoms with Crippen LogP contribution in [0.1, 0.15) is 44.9 Å². The van der Waals surface area contributed by atoms with Crippen LogP contribution in [0.5, 0.6) is 0 Å². The van der Waals surface area contributed by atoms with Crippen molar-refractivity contribution in [3.8, 4) is 0 Å². The van der Waals surface area contributed by atoms with Crippen molar-refractivity contribution in [2.45, 2.75) is 56.7 Å². The molecule has 0 bridgehead atoms. The third-order valence-electron chi connectivity index (χ3n) is 4.27. The number of ether oxygens (including phenoxy) is 1. The van der Waals surface area contributed by atoms with E-state index in [4.69, 9.17) is 5.73 Å². The van der Waals surface area contributed by atoms with E-state index in [2.05, 4.69) is 9.64 Å². The summed E-state index contributed by atoms with van der Waals surface area (Å²) in [7, 11) is 2.03. The van der Waals surface area contributed by atoms with Crippen LogP contribution in [0.3, 0.4) is 0 Å². The quantitative estimate of drug-likeness (QED) is 0.580. The average molecular weight is 296 g/mol. The average Bonchev–Trinajstić information content (AvgIpc) is 2.63. The minimum atomic E-state index is -4.23. The molecule has 120 valence electrons. The molecule has 0 aromatic heterocycles. The normalized spacial score (nSPS) is 20.1. The fourth-order valence-electron chi connectivity index (χ4n) is 2.96. The maximum absolute atomic E-state index is 11.9. The van der Waals surface area contributed by atoms with Gasteiger partial charge in [-0.3, -0.25) is 4.90 Å². The zero-order valence-corrected chi connectivity index (χ0v) is 12.3. The fraction of sp³-hybridized carbons (Fsp3) is 1.00. The van der Waals surface area contributed by atoms with Gasteiger partial charge < -0.3 is 10.5 Å². The zero-order valence-electron chi connectivity index (χ0n) is 12.3. The molecule has 20 heavy (non-hydrogen) atoms. The van der Waals surface area contributed by atoms with Crippen molar-refractivity contribution in [1.29, 1.82) is 0 Å². The lowest BCUT2D eigenvalue weighted by molar-refractivity contribution is -0.174. The maximum atomic E-state index is 11.9. The van der Waals surface area contributed by atoms with Crippen LogP contribution in [-0.4, -0.2) is 50.0 Å². The van der Waals surface area contributed by atoms with Crippen LogP contribution in [0.15, 0.2) is 0 Å². The van der Waals surface area contributed by atoms with Crippen molar-refractivity contribution in [2.24, 2.45) is 5.73 Å². The summed E-state index contributed by atoms with van der Waals surface area (Å²) in [5.41, 5.74) is 6.00. The molecule has 0 unspecified atom stereocenters. The monoisotopic (exact) mass is 296 g/mol. The highest BCUT2D eigenvalue weighted by Gasteiger charge is 2.33. The van der Waals surface area contributed by atoms with Gasteiger partial charge >= 0.3 is 6.18 Å². The molecule has 0 aliphatic heterocycles. The van der Waals surface area contributed by atoms with Gasteiger partial charge in [-0.05, 0) is 26.3 Å². The molecule has 6 heteroatoms. The SMILES string of the molecule is CN(CCCOCC(F)(F)F)C1(CN)CCCCCC1. The predicted octanol–water partition coefficient (Wildman–Crippen LogP) is 2.94. The molecule has 0 radical (unpaired) electrons. The van der Waals surface area contributed by atoms with Crippen LogP contribution in [-0.2, 0) is 4.74 Å². The van der Waals surface area contributed by atoms with E-state index in [9.17, 15) is 13.2 Å². The number of nitrogens with zero attached hydrogens (tertiary/aromatic N) is 1. The second-order valence-electron chi connectivity index (χ2n) is 5.79. The number of hydrogen-bond donors (Lipinski definition) is 1. The number of likely N-dealkylation sites (N-methyl/N-ethyl adjacent to an activating group) is 1. The largest absolute Gasteiger partial charge is 0.411 e. The second kappa shape index (κ2) is 8.20. The Morgan fingerprint density at radius 3 is 2.25 bits per heavy atom. The van der Waals surface area contributed by atoms with E-state index >= 15 is 0 Å². The van der Waals surface area contributed by atoms with Crippen LogP contribution in [0.25, 0.3) is 0 Å². The summed E-state index contributed by atoms with van der Waals surface area (Å²) in [6.45, 7) is 0.339. The number of alkyl halides is 3. The van der Waals surface area contributed by atoms with Gasteiger partial charge in [0.1, 0.15) is 6.61 Å². The third kappa shape index (κ3) is 5.97. The van der Waals surface area contributed by atoms with E-state index in [1.807, 2.05) is 7.05 Å². The lowest BCUT2D eigenvalue weighted by atomic mass is 9.88. The molecular formula is C14H27F3N2O. The van der Waals surface area contributed by atoms with Crippen molar-refractivity contribution in [2.75, 3.05) is 33.4 Å². The van der Waals surface area contributed by atoms with Crippen molar-refractivity contribution >= 4 is 0 Å². The topological polar surface area (TPSA) is 38.5 Å². The van der Waals surface area contributed by atoms with Gasteiger partial charge in [0.2, 0.25) is 0 Å². The second-order valence-corrected chi connectivity index (χ2v) is 5.79. The highest BCUT2D eigenvalue weighted by Crippen LogP contribution is 2.31. The lowest BCUT2D eigenvalue weighted by Gasteiger charge is -2.41. The summed E-state index contributed by atoms with van der Waals surface area (Å²) in [5, 5.41) is 0. The van der Waals surface area contributed by atoms with Crippen molar-refractivity contribution in [3.05, 3.63) is 0 Å². The van der Waals surface area contributed by atoms with Gasteiger partial charge in [0.25, 0.3) is 0 Å². The van der Waals surface area contributed by atoms with Gasteiger partial charge in [-0.2, -0.15) is 13.2 Å². The Bertz CT molecular complexity index is 264. The van der Waals surface area contributed by atoms with E-state index in [1.54, 1.807) is 0 Å². The van der Waals surface area contributed by atoms with E-state index in [0.29, 0.717) is 13.0 Å². The van der Waals surface area contributed by atoms with Gasteiger partial charge in [0.15, 0.2) is 0 Å². The van der Waals surface area contributed by atoms with Crippen LogP contribution in [0.2, 0.25) is 0 Å². The Morgan fingerprint density at radius 2 is 1.75 bits per heavy atom. The Morgan fingerprint density at radius 1 is 1.15 bits per heavy atom. The molecule has 1 rings (SSSR count). The van der Waals surface area contributed by atoms with Crippen LogP contribution in [0.4, 0.5) is 13.2 Å². The van der Waals surface area contributed by atoms with Gasteiger partial charge in [-0.1, -0.05) is 25.7 Å². The molecule has 0 spiro atoms. The number of nitrogens with two attached hydrogens (primary N) is 1. The molecule has 0 atom stereocenters. The molecule has 2 N–H and O–H groups in total. The Hall–Kier alpha value is -0.330. The highest BCUT2D eigenvalue weighted by molar-refractivity contribution is 4.91. The Balaban J connectivity index is 2.30. The molecule has 1 fully saturated rings. The van der Waals surface area contributed by atoms with Gasteiger partial charge in [0.05, 0.1) is 0 Å². The summed E-state index contributed by atoms with van der Waals surface area (Å²) in [6, 6.07) is 0. The summed E-state index contributed by atoms with van der Waals surface area (Å²) in [4.78, 5) is 2.23. The third-order valence-corrected chi connectivity index (χ3v) is 4.27. The van der Waals surface area contributed by atoms with E-state index in [1.165, 1.54) is 25.7 Å². The van der Waals surface area contributed by atoms with Crippen molar-refractivity contribution < 1.29 is 17.9 Å². The standard InChI is InChI=1S/C14H27F3N2O/c1-19(9-6-10-20-12-14(15,16)17)13(11-18)7-4-2-3-5-8-13/h2-12,18H2,1H3. The number of halogens is 3. The van der Waals surface area contributed by atoms with Gasteiger partial charge in [0, 0.05) is 25.2 Å². The van der Waals surface area contributed by atoms with Gasteiger partial charge in [-0.25, -0.2) is 0 Å². The highest BCUT2D eigenvalue weighted by atomic mass is 19.4. The Labute approximate surface area is 119 Å². The first kappa shape index (κ1) is 17.7. The molecule has 1 aliphatic rings.